The highest BCUT2D eigenvalue weighted by Crippen LogP contribution is 2.20. The normalized spacial score (nSPS) is 12.0. The fraction of sp³-hybridized carbons (Fsp3) is 0.158. The molecule has 0 aliphatic rings. The maximum absolute atomic E-state index is 13.7. The summed E-state index contributed by atoms with van der Waals surface area (Å²) in [7, 11) is 0. The van der Waals surface area contributed by atoms with Gasteiger partial charge in [0.1, 0.15) is 23.0 Å². The molecule has 0 aliphatic carbocycles. The number of fused-ring (bicyclic) bond motifs is 1. The fourth-order valence-corrected chi connectivity index (χ4v) is 2.49. The summed E-state index contributed by atoms with van der Waals surface area (Å²) in [5.41, 5.74) is 0.0342. The van der Waals surface area contributed by atoms with Gasteiger partial charge < -0.3 is 14.5 Å². The van der Waals surface area contributed by atoms with Crippen molar-refractivity contribution in [1.82, 2.24) is 5.32 Å². The molecule has 0 aliphatic heterocycles. The van der Waals surface area contributed by atoms with E-state index in [1.54, 1.807) is 25.1 Å². The van der Waals surface area contributed by atoms with Crippen molar-refractivity contribution in [2.75, 3.05) is 6.61 Å². The van der Waals surface area contributed by atoms with E-state index < -0.39 is 29.2 Å². The molecule has 3 aromatic rings. The molecule has 0 bridgehead atoms. The van der Waals surface area contributed by atoms with Gasteiger partial charge in [0.15, 0.2) is 6.61 Å². The number of hydrogen-bond acceptors (Lipinski definition) is 4. The first-order chi connectivity index (χ1) is 12.4. The van der Waals surface area contributed by atoms with Crippen molar-refractivity contribution in [3.8, 4) is 5.75 Å². The molecule has 0 spiro atoms. The van der Waals surface area contributed by atoms with Gasteiger partial charge in [0.2, 0.25) is 0 Å². The average Bonchev–Trinajstić information content (AvgIpc) is 2.59. The molecule has 0 saturated carbocycles. The Morgan fingerprint density at radius 2 is 1.92 bits per heavy atom. The van der Waals surface area contributed by atoms with E-state index in [-0.39, 0.29) is 12.2 Å². The molecule has 1 unspecified atom stereocenters. The lowest BCUT2D eigenvalue weighted by Crippen LogP contribution is -2.31. The van der Waals surface area contributed by atoms with Crippen LogP contribution in [0.1, 0.15) is 18.5 Å². The largest absolute Gasteiger partial charge is 0.484 e. The molecule has 5 nitrogen and oxygen atoms in total. The summed E-state index contributed by atoms with van der Waals surface area (Å²) in [5.74, 6) is -1.54. The highest BCUT2D eigenvalue weighted by atomic mass is 19.1. The van der Waals surface area contributed by atoms with Gasteiger partial charge in [-0.2, -0.15) is 0 Å². The molecule has 0 radical (unpaired) electrons. The molecule has 1 aromatic heterocycles. The van der Waals surface area contributed by atoms with Gasteiger partial charge >= 0.3 is 5.63 Å². The van der Waals surface area contributed by atoms with Crippen LogP contribution in [0, 0.1) is 11.6 Å². The van der Waals surface area contributed by atoms with Crippen LogP contribution in [0.2, 0.25) is 0 Å². The van der Waals surface area contributed by atoms with Gasteiger partial charge in [0.25, 0.3) is 5.91 Å². The van der Waals surface area contributed by atoms with Crippen molar-refractivity contribution in [2.24, 2.45) is 0 Å². The Morgan fingerprint density at radius 1 is 1.15 bits per heavy atom. The molecule has 0 saturated heterocycles. The van der Waals surface area contributed by atoms with E-state index in [0.29, 0.717) is 11.3 Å². The Morgan fingerprint density at radius 3 is 2.69 bits per heavy atom. The third-order valence-corrected chi connectivity index (χ3v) is 3.77. The van der Waals surface area contributed by atoms with Crippen molar-refractivity contribution >= 4 is 16.9 Å². The third kappa shape index (κ3) is 4.05. The zero-order valence-electron chi connectivity index (χ0n) is 13.8. The Kier molecular flexibility index (Phi) is 4.97. The smallest absolute Gasteiger partial charge is 0.336 e. The Hall–Kier alpha value is -3.22. The molecule has 0 fully saturated rings. The quantitative estimate of drug-likeness (QED) is 0.710. The second kappa shape index (κ2) is 7.35. The van der Waals surface area contributed by atoms with E-state index in [1.165, 1.54) is 18.2 Å². The molecular weight excluding hydrogens is 344 g/mol. The van der Waals surface area contributed by atoms with Crippen molar-refractivity contribution in [3.63, 3.8) is 0 Å². The van der Waals surface area contributed by atoms with E-state index in [1.807, 2.05) is 0 Å². The molecule has 26 heavy (non-hydrogen) atoms. The summed E-state index contributed by atoms with van der Waals surface area (Å²) in [6.07, 6.45) is 0. The van der Waals surface area contributed by atoms with Gasteiger partial charge in [-0.05, 0) is 31.2 Å². The van der Waals surface area contributed by atoms with Crippen LogP contribution in [-0.2, 0) is 4.79 Å². The van der Waals surface area contributed by atoms with Crippen molar-refractivity contribution in [1.29, 1.82) is 0 Å². The second-order valence-corrected chi connectivity index (χ2v) is 5.70. The van der Waals surface area contributed by atoms with Crippen LogP contribution in [0.3, 0.4) is 0 Å². The highest BCUT2D eigenvalue weighted by Gasteiger charge is 2.14. The predicted octanol–water partition coefficient (Wildman–Crippen LogP) is 3.33. The number of hydrogen-bond donors (Lipinski definition) is 1. The van der Waals surface area contributed by atoms with Crippen molar-refractivity contribution < 1.29 is 22.7 Å². The highest BCUT2D eigenvalue weighted by molar-refractivity contribution is 5.79. The standard InChI is InChI=1S/C19H15F2NO4/c1-11(15-6-4-13(20)8-16(15)21)22-18(23)10-25-14-5-2-12-3-7-19(24)26-17(12)9-14/h2-9,11H,10H2,1H3,(H,22,23). The van der Waals surface area contributed by atoms with E-state index in [4.69, 9.17) is 9.15 Å². The van der Waals surface area contributed by atoms with Crippen LogP contribution in [0.25, 0.3) is 11.0 Å². The van der Waals surface area contributed by atoms with E-state index in [9.17, 15) is 18.4 Å². The molecule has 1 heterocycles. The minimum atomic E-state index is -0.733. The van der Waals surface area contributed by atoms with Crippen LogP contribution in [0.5, 0.6) is 5.75 Å². The molecule has 3 rings (SSSR count). The predicted molar refractivity (Wildman–Crippen MR) is 90.9 cm³/mol. The monoisotopic (exact) mass is 359 g/mol. The van der Waals surface area contributed by atoms with Gasteiger partial charge in [0.05, 0.1) is 6.04 Å². The number of nitrogens with one attached hydrogen (secondary N) is 1. The topological polar surface area (TPSA) is 68.5 Å². The minimum Gasteiger partial charge on any atom is -0.484 e. The molecule has 1 atom stereocenters. The summed E-state index contributed by atoms with van der Waals surface area (Å²) < 4.78 is 37.1. The lowest BCUT2D eigenvalue weighted by atomic mass is 10.1. The van der Waals surface area contributed by atoms with Gasteiger partial charge in [-0.3, -0.25) is 4.79 Å². The summed E-state index contributed by atoms with van der Waals surface area (Å²) in [5, 5.41) is 3.30. The second-order valence-electron chi connectivity index (χ2n) is 5.70. The summed E-state index contributed by atoms with van der Waals surface area (Å²) in [6.45, 7) is 1.27. The zero-order valence-corrected chi connectivity index (χ0v) is 13.8. The average molecular weight is 359 g/mol. The van der Waals surface area contributed by atoms with Crippen LogP contribution in [0.4, 0.5) is 8.78 Å². The van der Waals surface area contributed by atoms with Crippen LogP contribution in [0.15, 0.2) is 57.7 Å². The number of ether oxygens (including phenoxy) is 1. The summed E-state index contributed by atoms with van der Waals surface area (Å²) in [6, 6.07) is 10.3. The molecule has 1 N–H and O–H groups in total. The number of carbonyl (C=O) groups excluding carboxylic acids is 1. The minimum absolute atomic E-state index is 0.173. The van der Waals surface area contributed by atoms with Gasteiger partial charge in [-0.1, -0.05) is 6.07 Å². The van der Waals surface area contributed by atoms with Crippen LogP contribution < -0.4 is 15.7 Å². The number of benzene rings is 2. The van der Waals surface area contributed by atoms with Crippen molar-refractivity contribution in [3.05, 3.63) is 76.1 Å². The van der Waals surface area contributed by atoms with E-state index >= 15 is 0 Å². The maximum atomic E-state index is 13.7. The first kappa shape index (κ1) is 17.6. The summed E-state index contributed by atoms with van der Waals surface area (Å²) >= 11 is 0. The zero-order chi connectivity index (χ0) is 18.7. The first-order valence-corrected chi connectivity index (χ1v) is 7.83. The van der Waals surface area contributed by atoms with Gasteiger partial charge in [-0.25, -0.2) is 13.6 Å². The molecule has 1 amide bonds. The lowest BCUT2D eigenvalue weighted by Gasteiger charge is -2.15. The molecule has 7 heteroatoms. The lowest BCUT2D eigenvalue weighted by molar-refractivity contribution is -0.123. The number of carbonyl (C=O) groups is 1. The van der Waals surface area contributed by atoms with Crippen LogP contribution >= 0.6 is 0 Å². The van der Waals surface area contributed by atoms with E-state index in [2.05, 4.69) is 5.32 Å². The van der Waals surface area contributed by atoms with Gasteiger partial charge in [-0.15, -0.1) is 0 Å². The van der Waals surface area contributed by atoms with Crippen molar-refractivity contribution in [2.45, 2.75) is 13.0 Å². The Bertz CT molecular complexity index is 1020. The first-order valence-electron chi connectivity index (χ1n) is 7.83. The molecule has 2 aromatic carbocycles. The summed E-state index contributed by atoms with van der Waals surface area (Å²) in [4.78, 5) is 23.2. The molecular formula is C19H15F2NO4. The SMILES string of the molecule is CC(NC(=O)COc1ccc2ccc(=O)oc2c1)c1ccc(F)cc1F. The molecule has 134 valence electrons. The van der Waals surface area contributed by atoms with Gasteiger partial charge in [0, 0.05) is 29.1 Å². The van der Waals surface area contributed by atoms with E-state index in [0.717, 1.165) is 17.5 Å². The maximum Gasteiger partial charge on any atom is 0.336 e. The third-order valence-electron chi connectivity index (χ3n) is 3.77. The van der Waals surface area contributed by atoms with Crippen LogP contribution in [-0.4, -0.2) is 12.5 Å². The Balaban J connectivity index is 1.62. The Labute approximate surface area is 147 Å². The number of halogens is 2. The number of rotatable bonds is 5. The fourth-order valence-electron chi connectivity index (χ4n) is 2.49. The number of amides is 1.